The van der Waals surface area contributed by atoms with Gasteiger partial charge >= 0.3 is 7.12 Å². The van der Waals surface area contributed by atoms with Crippen LogP contribution in [-0.4, -0.2) is 17.2 Å². The Balaban J connectivity index is 2.35. The smallest absolute Gasteiger partial charge is 0.423 e. The van der Waals surface area contributed by atoms with E-state index in [0.717, 1.165) is 0 Å². The van der Waals surface area contributed by atoms with Crippen LogP contribution in [0.25, 0.3) is 0 Å². The molecule has 0 fully saturated rings. The summed E-state index contributed by atoms with van der Waals surface area (Å²) in [7, 11) is -1.42. The lowest BCUT2D eigenvalue weighted by Crippen LogP contribution is -2.16. The SMILES string of the molecule is CC1(c2ccccc2)C=CC=C(B(O)O)C=C1. The van der Waals surface area contributed by atoms with Gasteiger partial charge in [-0.25, -0.2) is 0 Å². The molecule has 0 saturated heterocycles. The van der Waals surface area contributed by atoms with Crippen LogP contribution < -0.4 is 0 Å². The van der Waals surface area contributed by atoms with Crippen molar-refractivity contribution in [3.05, 3.63) is 71.7 Å². The minimum atomic E-state index is -1.42. The minimum absolute atomic E-state index is 0.214. The van der Waals surface area contributed by atoms with E-state index in [9.17, 15) is 0 Å². The zero-order valence-corrected chi connectivity index (χ0v) is 9.75. The van der Waals surface area contributed by atoms with E-state index in [1.54, 1.807) is 12.2 Å². The Bertz CT molecular complexity index is 474. The lowest BCUT2D eigenvalue weighted by Gasteiger charge is -2.22. The molecule has 0 aromatic heterocycles. The molecule has 2 N–H and O–H groups in total. The first-order valence-electron chi connectivity index (χ1n) is 5.62. The summed E-state index contributed by atoms with van der Waals surface area (Å²) in [5.41, 5.74) is 1.46. The third-order valence-electron chi connectivity index (χ3n) is 3.05. The van der Waals surface area contributed by atoms with E-state index in [0.29, 0.717) is 5.47 Å². The van der Waals surface area contributed by atoms with E-state index in [2.05, 4.69) is 19.1 Å². The highest BCUT2D eigenvalue weighted by Crippen LogP contribution is 2.29. The number of rotatable bonds is 2. The zero-order chi connectivity index (χ0) is 12.3. The Morgan fingerprint density at radius 3 is 2.41 bits per heavy atom. The van der Waals surface area contributed by atoms with Gasteiger partial charge in [-0.1, -0.05) is 60.7 Å². The Labute approximate surface area is 102 Å². The fraction of sp³-hybridized carbons (Fsp3) is 0.143. The third kappa shape index (κ3) is 2.57. The molecule has 1 aromatic carbocycles. The van der Waals surface area contributed by atoms with Gasteiger partial charge in [-0.2, -0.15) is 0 Å². The molecular weight excluding hydrogens is 211 g/mol. The van der Waals surface area contributed by atoms with E-state index in [4.69, 9.17) is 10.0 Å². The predicted octanol–water partition coefficient (Wildman–Crippen LogP) is 2.01. The van der Waals surface area contributed by atoms with Gasteiger partial charge in [-0.05, 0) is 18.0 Å². The fourth-order valence-electron chi connectivity index (χ4n) is 1.90. The quantitative estimate of drug-likeness (QED) is 0.757. The van der Waals surface area contributed by atoms with Crippen molar-refractivity contribution in [3.8, 4) is 0 Å². The summed E-state index contributed by atoms with van der Waals surface area (Å²) in [6.07, 6.45) is 9.38. The average molecular weight is 226 g/mol. The van der Waals surface area contributed by atoms with Crippen LogP contribution in [-0.2, 0) is 5.41 Å². The topological polar surface area (TPSA) is 40.5 Å². The second-order valence-corrected chi connectivity index (χ2v) is 4.38. The van der Waals surface area contributed by atoms with Crippen molar-refractivity contribution in [2.45, 2.75) is 12.3 Å². The molecule has 3 heteroatoms. The highest BCUT2D eigenvalue weighted by atomic mass is 16.4. The molecule has 1 aromatic rings. The van der Waals surface area contributed by atoms with Gasteiger partial charge in [0.15, 0.2) is 0 Å². The normalized spacial score (nSPS) is 23.1. The maximum atomic E-state index is 9.15. The summed E-state index contributed by atoms with van der Waals surface area (Å²) in [5, 5.41) is 18.3. The molecule has 1 aliphatic carbocycles. The van der Waals surface area contributed by atoms with Gasteiger partial charge in [-0.15, -0.1) is 0 Å². The van der Waals surface area contributed by atoms with Gasteiger partial charge in [0.2, 0.25) is 0 Å². The molecule has 0 spiro atoms. The summed E-state index contributed by atoms with van der Waals surface area (Å²) in [6, 6.07) is 10.1. The van der Waals surface area contributed by atoms with Gasteiger partial charge in [0.25, 0.3) is 0 Å². The second kappa shape index (κ2) is 4.74. The monoisotopic (exact) mass is 226 g/mol. The van der Waals surface area contributed by atoms with Crippen LogP contribution in [0.15, 0.2) is 66.2 Å². The molecule has 0 bridgehead atoms. The van der Waals surface area contributed by atoms with Gasteiger partial charge in [-0.3, -0.25) is 0 Å². The number of hydrogen-bond donors (Lipinski definition) is 2. The summed E-state index contributed by atoms with van der Waals surface area (Å²) >= 11 is 0. The van der Waals surface area contributed by atoms with Crippen LogP contribution in [0.2, 0.25) is 0 Å². The second-order valence-electron chi connectivity index (χ2n) is 4.38. The molecule has 86 valence electrons. The molecule has 1 aliphatic rings. The van der Waals surface area contributed by atoms with Crippen LogP contribution in [0, 0.1) is 0 Å². The van der Waals surface area contributed by atoms with E-state index in [1.165, 1.54) is 5.56 Å². The van der Waals surface area contributed by atoms with Crippen molar-refractivity contribution >= 4 is 7.12 Å². The largest absolute Gasteiger partial charge is 0.488 e. The van der Waals surface area contributed by atoms with Crippen LogP contribution in [0.1, 0.15) is 12.5 Å². The van der Waals surface area contributed by atoms with Gasteiger partial charge < -0.3 is 10.0 Å². The average Bonchev–Trinajstić information content (AvgIpc) is 2.54. The Morgan fingerprint density at radius 2 is 1.76 bits per heavy atom. The number of allylic oxidation sites excluding steroid dienone is 6. The number of benzene rings is 1. The van der Waals surface area contributed by atoms with E-state index in [-0.39, 0.29) is 5.41 Å². The van der Waals surface area contributed by atoms with E-state index < -0.39 is 7.12 Å². The molecular formula is C14H15BO2. The van der Waals surface area contributed by atoms with Crippen LogP contribution in [0.3, 0.4) is 0 Å². The standard InChI is InChI=1S/C14H15BO2/c1-14(12-6-3-2-4-7-12)10-5-8-13(9-11-14)15(16)17/h2-11,16-17H,1H3. The first-order chi connectivity index (χ1) is 8.12. The van der Waals surface area contributed by atoms with Crippen molar-refractivity contribution < 1.29 is 10.0 Å². The lowest BCUT2D eigenvalue weighted by molar-refractivity contribution is 0.420. The van der Waals surface area contributed by atoms with Crippen LogP contribution in [0.5, 0.6) is 0 Å². The van der Waals surface area contributed by atoms with Crippen molar-refractivity contribution in [2.24, 2.45) is 0 Å². The van der Waals surface area contributed by atoms with Crippen molar-refractivity contribution in [1.82, 2.24) is 0 Å². The summed E-state index contributed by atoms with van der Waals surface area (Å²) in [4.78, 5) is 0. The van der Waals surface area contributed by atoms with E-state index in [1.807, 2.05) is 36.4 Å². The third-order valence-corrected chi connectivity index (χ3v) is 3.05. The molecule has 0 amide bonds. The first-order valence-corrected chi connectivity index (χ1v) is 5.62. The van der Waals surface area contributed by atoms with Crippen molar-refractivity contribution in [2.75, 3.05) is 0 Å². The fourth-order valence-corrected chi connectivity index (χ4v) is 1.90. The molecule has 0 radical (unpaired) electrons. The van der Waals surface area contributed by atoms with Gasteiger partial charge in [0.1, 0.15) is 0 Å². The molecule has 1 atom stereocenters. The molecule has 17 heavy (non-hydrogen) atoms. The molecule has 0 heterocycles. The first kappa shape index (κ1) is 11.9. The molecule has 2 rings (SSSR count). The summed E-state index contributed by atoms with van der Waals surface area (Å²) < 4.78 is 0. The van der Waals surface area contributed by atoms with Gasteiger partial charge in [0.05, 0.1) is 0 Å². The summed E-state index contributed by atoms with van der Waals surface area (Å²) in [5.74, 6) is 0. The Morgan fingerprint density at radius 1 is 1.06 bits per heavy atom. The highest BCUT2D eigenvalue weighted by Gasteiger charge is 2.22. The number of hydrogen-bond acceptors (Lipinski definition) is 2. The molecule has 2 nitrogen and oxygen atoms in total. The predicted molar refractivity (Wildman–Crippen MR) is 70.3 cm³/mol. The molecule has 0 saturated carbocycles. The Kier molecular flexibility index (Phi) is 3.32. The van der Waals surface area contributed by atoms with Crippen LogP contribution >= 0.6 is 0 Å². The lowest BCUT2D eigenvalue weighted by atomic mass is 9.77. The zero-order valence-electron chi connectivity index (χ0n) is 9.75. The molecule has 1 unspecified atom stereocenters. The maximum Gasteiger partial charge on any atom is 0.488 e. The molecule has 0 aliphatic heterocycles. The van der Waals surface area contributed by atoms with Crippen molar-refractivity contribution in [3.63, 3.8) is 0 Å². The Hall–Kier alpha value is -1.58. The van der Waals surface area contributed by atoms with Crippen LogP contribution in [0.4, 0.5) is 0 Å². The summed E-state index contributed by atoms with van der Waals surface area (Å²) in [6.45, 7) is 2.09. The van der Waals surface area contributed by atoms with Crippen molar-refractivity contribution in [1.29, 1.82) is 0 Å². The van der Waals surface area contributed by atoms with Gasteiger partial charge in [0, 0.05) is 5.41 Å². The van der Waals surface area contributed by atoms with E-state index >= 15 is 0 Å². The maximum absolute atomic E-state index is 9.15. The highest BCUT2D eigenvalue weighted by molar-refractivity contribution is 6.51. The minimum Gasteiger partial charge on any atom is -0.423 e.